The lowest BCUT2D eigenvalue weighted by molar-refractivity contribution is -0.115. The number of benzene rings is 2. The van der Waals surface area contributed by atoms with Crippen LogP contribution in [0.1, 0.15) is 11.3 Å². The molecule has 6 heteroatoms. The zero-order valence-corrected chi connectivity index (χ0v) is 14.6. The van der Waals surface area contributed by atoms with E-state index >= 15 is 0 Å². The summed E-state index contributed by atoms with van der Waals surface area (Å²) in [5.74, 6) is 0.369. The maximum Gasteiger partial charge on any atom is 0.230 e. The second kappa shape index (κ2) is 7.70. The fourth-order valence-corrected chi connectivity index (χ4v) is 2.81. The molecule has 0 bridgehead atoms. The van der Waals surface area contributed by atoms with Crippen LogP contribution in [0.15, 0.2) is 83.7 Å². The predicted molar refractivity (Wildman–Crippen MR) is 102 cm³/mol. The van der Waals surface area contributed by atoms with Gasteiger partial charge in [-0.1, -0.05) is 36.4 Å². The van der Waals surface area contributed by atoms with Gasteiger partial charge in [0.2, 0.25) is 11.8 Å². The van der Waals surface area contributed by atoms with Crippen LogP contribution in [0.2, 0.25) is 0 Å². The largest absolute Gasteiger partial charge is 0.444 e. The van der Waals surface area contributed by atoms with Crippen LogP contribution >= 0.6 is 0 Å². The zero-order valence-electron chi connectivity index (χ0n) is 14.6. The van der Waals surface area contributed by atoms with Gasteiger partial charge in [0, 0.05) is 23.6 Å². The first-order valence-corrected chi connectivity index (χ1v) is 8.63. The average Bonchev–Trinajstić information content (AvgIpc) is 3.36. The highest BCUT2D eigenvalue weighted by atomic mass is 16.3. The quantitative estimate of drug-likeness (QED) is 0.569. The molecular formula is C21H18N4O2. The molecule has 0 saturated carbocycles. The van der Waals surface area contributed by atoms with E-state index in [1.807, 2.05) is 71.5 Å². The van der Waals surface area contributed by atoms with Crippen molar-refractivity contribution in [2.75, 3.05) is 5.32 Å². The van der Waals surface area contributed by atoms with Crippen molar-refractivity contribution in [3.63, 3.8) is 0 Å². The number of anilines is 1. The number of amides is 1. The van der Waals surface area contributed by atoms with E-state index in [0.29, 0.717) is 18.1 Å². The summed E-state index contributed by atoms with van der Waals surface area (Å²) in [6, 6.07) is 19.2. The monoisotopic (exact) mass is 358 g/mol. The van der Waals surface area contributed by atoms with Crippen molar-refractivity contribution in [2.45, 2.75) is 13.0 Å². The Morgan fingerprint density at radius 2 is 1.85 bits per heavy atom. The molecule has 27 heavy (non-hydrogen) atoms. The third-order valence-corrected chi connectivity index (χ3v) is 4.10. The Hall–Kier alpha value is -3.67. The molecule has 4 rings (SSSR count). The minimum absolute atomic E-state index is 0.143. The Kier molecular flexibility index (Phi) is 4.78. The predicted octanol–water partition coefficient (Wildman–Crippen LogP) is 3.77. The molecule has 0 aliphatic rings. The highest BCUT2D eigenvalue weighted by molar-refractivity contribution is 5.92. The fourth-order valence-electron chi connectivity index (χ4n) is 2.81. The van der Waals surface area contributed by atoms with E-state index in [-0.39, 0.29) is 12.3 Å². The summed E-state index contributed by atoms with van der Waals surface area (Å²) < 4.78 is 7.31. The third-order valence-electron chi connectivity index (χ3n) is 4.10. The van der Waals surface area contributed by atoms with Crippen molar-refractivity contribution in [1.82, 2.24) is 14.8 Å². The van der Waals surface area contributed by atoms with E-state index in [1.54, 1.807) is 6.20 Å². The molecule has 2 heterocycles. The first-order chi connectivity index (χ1) is 13.3. The van der Waals surface area contributed by atoms with E-state index < -0.39 is 0 Å². The Balaban J connectivity index is 1.44. The second-order valence-electron chi connectivity index (χ2n) is 6.10. The molecule has 1 N–H and O–H groups in total. The van der Waals surface area contributed by atoms with Crippen LogP contribution in [0.25, 0.3) is 11.5 Å². The Morgan fingerprint density at radius 1 is 1.04 bits per heavy atom. The van der Waals surface area contributed by atoms with E-state index in [4.69, 9.17) is 4.42 Å². The summed E-state index contributed by atoms with van der Waals surface area (Å²) in [5, 5.41) is 7.17. The topological polar surface area (TPSA) is 73.0 Å². The number of nitrogens with zero attached hydrogens (tertiary/aromatic N) is 3. The SMILES string of the molecule is O=C(Cc1coc(-c2ccccc2)n1)Nc1ccccc1Cn1cccn1. The average molecular weight is 358 g/mol. The Bertz CT molecular complexity index is 1020. The van der Waals surface area contributed by atoms with Gasteiger partial charge in [-0.15, -0.1) is 0 Å². The van der Waals surface area contributed by atoms with Crippen LogP contribution in [0, 0.1) is 0 Å². The molecule has 0 atom stereocenters. The molecule has 0 aliphatic heterocycles. The number of rotatable bonds is 6. The van der Waals surface area contributed by atoms with Crippen LogP contribution in [0.5, 0.6) is 0 Å². The van der Waals surface area contributed by atoms with Crippen molar-refractivity contribution in [3.05, 3.63) is 90.6 Å². The molecule has 4 aromatic rings. The van der Waals surface area contributed by atoms with E-state index in [1.165, 1.54) is 6.26 Å². The summed E-state index contributed by atoms with van der Waals surface area (Å²) in [6.07, 6.45) is 5.29. The van der Waals surface area contributed by atoms with Gasteiger partial charge < -0.3 is 9.73 Å². The number of oxazole rings is 1. The van der Waals surface area contributed by atoms with Gasteiger partial charge >= 0.3 is 0 Å². The van der Waals surface area contributed by atoms with Gasteiger partial charge in [-0.3, -0.25) is 9.48 Å². The molecular weight excluding hydrogens is 340 g/mol. The first-order valence-electron chi connectivity index (χ1n) is 8.63. The lowest BCUT2D eigenvalue weighted by Crippen LogP contribution is -2.16. The maximum absolute atomic E-state index is 12.5. The summed E-state index contributed by atoms with van der Waals surface area (Å²) in [5.41, 5.74) is 3.23. The number of carbonyl (C=O) groups excluding carboxylic acids is 1. The van der Waals surface area contributed by atoms with Crippen molar-refractivity contribution >= 4 is 11.6 Å². The smallest absolute Gasteiger partial charge is 0.230 e. The zero-order chi connectivity index (χ0) is 18.5. The summed E-state index contributed by atoms with van der Waals surface area (Å²) in [4.78, 5) is 16.9. The molecule has 0 spiro atoms. The van der Waals surface area contributed by atoms with E-state index in [0.717, 1.165) is 16.8 Å². The highest BCUT2D eigenvalue weighted by Crippen LogP contribution is 2.19. The van der Waals surface area contributed by atoms with Crippen molar-refractivity contribution in [1.29, 1.82) is 0 Å². The number of aromatic nitrogens is 3. The molecule has 1 amide bonds. The Labute approximate surface area is 156 Å². The molecule has 6 nitrogen and oxygen atoms in total. The molecule has 0 aliphatic carbocycles. The van der Waals surface area contributed by atoms with Crippen molar-refractivity contribution in [2.24, 2.45) is 0 Å². The van der Waals surface area contributed by atoms with Crippen LogP contribution in [0.3, 0.4) is 0 Å². The van der Waals surface area contributed by atoms with Gasteiger partial charge in [0.1, 0.15) is 6.26 Å². The highest BCUT2D eigenvalue weighted by Gasteiger charge is 2.12. The van der Waals surface area contributed by atoms with Crippen molar-refractivity contribution < 1.29 is 9.21 Å². The van der Waals surface area contributed by atoms with Gasteiger partial charge in [0.25, 0.3) is 0 Å². The summed E-state index contributed by atoms with van der Waals surface area (Å²) in [6.45, 7) is 0.589. The van der Waals surface area contributed by atoms with Crippen LogP contribution < -0.4 is 5.32 Å². The minimum Gasteiger partial charge on any atom is -0.444 e. The van der Waals surface area contributed by atoms with Crippen LogP contribution in [0.4, 0.5) is 5.69 Å². The standard InChI is InChI=1S/C21H18N4O2/c26-20(13-18-15-27-21(23-18)16-7-2-1-3-8-16)24-19-10-5-4-9-17(19)14-25-12-6-11-22-25/h1-12,15H,13-14H2,(H,24,26). The number of nitrogens with one attached hydrogen (secondary N) is 1. The minimum atomic E-state index is -0.143. The molecule has 2 aromatic carbocycles. The van der Waals surface area contributed by atoms with Gasteiger partial charge in [0.05, 0.1) is 18.7 Å². The number of para-hydroxylation sites is 1. The normalized spacial score (nSPS) is 10.7. The first kappa shape index (κ1) is 16.8. The molecule has 2 aromatic heterocycles. The van der Waals surface area contributed by atoms with Gasteiger partial charge in [0.15, 0.2) is 0 Å². The van der Waals surface area contributed by atoms with Crippen LogP contribution in [-0.2, 0) is 17.8 Å². The summed E-state index contributed by atoms with van der Waals surface area (Å²) >= 11 is 0. The van der Waals surface area contributed by atoms with Crippen molar-refractivity contribution in [3.8, 4) is 11.5 Å². The summed E-state index contributed by atoms with van der Waals surface area (Å²) in [7, 11) is 0. The number of hydrogen-bond acceptors (Lipinski definition) is 4. The lowest BCUT2D eigenvalue weighted by atomic mass is 10.1. The number of carbonyl (C=O) groups is 1. The molecule has 134 valence electrons. The van der Waals surface area contributed by atoms with E-state index in [2.05, 4.69) is 15.4 Å². The molecule has 0 radical (unpaired) electrons. The van der Waals surface area contributed by atoms with E-state index in [9.17, 15) is 4.79 Å². The number of hydrogen-bond donors (Lipinski definition) is 1. The third kappa shape index (κ3) is 4.12. The molecule has 0 unspecified atom stereocenters. The fraction of sp³-hybridized carbons (Fsp3) is 0.0952. The second-order valence-corrected chi connectivity index (χ2v) is 6.10. The molecule has 0 fully saturated rings. The van der Waals surface area contributed by atoms with Crippen LogP contribution in [-0.4, -0.2) is 20.7 Å². The van der Waals surface area contributed by atoms with Gasteiger partial charge in [-0.25, -0.2) is 4.98 Å². The lowest BCUT2D eigenvalue weighted by Gasteiger charge is -2.10. The Morgan fingerprint density at radius 3 is 2.67 bits per heavy atom. The van der Waals surface area contributed by atoms with Gasteiger partial charge in [-0.05, 0) is 29.8 Å². The maximum atomic E-state index is 12.5. The van der Waals surface area contributed by atoms with Gasteiger partial charge in [-0.2, -0.15) is 5.10 Å². The molecule has 0 saturated heterocycles.